The van der Waals surface area contributed by atoms with Gasteiger partial charge in [-0.1, -0.05) is 42.5 Å². The van der Waals surface area contributed by atoms with Crippen molar-refractivity contribution in [1.29, 1.82) is 0 Å². The SMILES string of the molecule is O=Cc1c(C=CCCNC(=O)OCc2ccccc2)ccnc1F. The van der Waals surface area contributed by atoms with Gasteiger partial charge in [0, 0.05) is 12.7 Å². The number of rotatable bonds is 7. The summed E-state index contributed by atoms with van der Waals surface area (Å²) in [5.74, 6) is -0.797. The third-order valence-electron chi connectivity index (χ3n) is 3.18. The van der Waals surface area contributed by atoms with E-state index in [2.05, 4.69) is 10.3 Å². The fraction of sp³-hybridized carbons (Fsp3) is 0.167. The van der Waals surface area contributed by atoms with Crippen molar-refractivity contribution in [3.8, 4) is 0 Å². The van der Waals surface area contributed by atoms with Crippen LogP contribution < -0.4 is 5.32 Å². The highest BCUT2D eigenvalue weighted by molar-refractivity contribution is 5.81. The summed E-state index contributed by atoms with van der Waals surface area (Å²) in [6, 6.07) is 10.9. The van der Waals surface area contributed by atoms with Crippen molar-refractivity contribution >= 4 is 18.5 Å². The minimum absolute atomic E-state index is 0.0796. The molecule has 0 atom stereocenters. The predicted octanol–water partition coefficient (Wildman–Crippen LogP) is 3.36. The van der Waals surface area contributed by atoms with Crippen molar-refractivity contribution in [3.63, 3.8) is 0 Å². The Bertz CT molecular complexity index is 717. The first-order valence-corrected chi connectivity index (χ1v) is 7.41. The molecule has 0 fully saturated rings. The topological polar surface area (TPSA) is 68.3 Å². The van der Waals surface area contributed by atoms with Gasteiger partial charge in [0.1, 0.15) is 6.61 Å². The number of nitrogens with zero attached hydrogens (tertiary/aromatic N) is 1. The monoisotopic (exact) mass is 328 g/mol. The minimum atomic E-state index is -0.797. The number of hydrogen-bond donors (Lipinski definition) is 1. The van der Waals surface area contributed by atoms with Crippen LogP contribution in [0.1, 0.15) is 27.9 Å². The standard InChI is InChI=1S/C18H17FN2O3/c19-17-16(12-22)15(9-11-20-17)8-4-5-10-21-18(23)24-13-14-6-2-1-3-7-14/h1-4,6-9,11-12H,5,10,13H2,(H,21,23). The van der Waals surface area contributed by atoms with E-state index in [0.717, 1.165) is 5.56 Å². The Morgan fingerprint density at radius 1 is 1.25 bits per heavy atom. The molecular formula is C18H17FN2O3. The smallest absolute Gasteiger partial charge is 0.407 e. The van der Waals surface area contributed by atoms with E-state index in [9.17, 15) is 14.0 Å². The number of carbonyl (C=O) groups is 2. The van der Waals surface area contributed by atoms with E-state index in [4.69, 9.17) is 4.74 Å². The van der Waals surface area contributed by atoms with Crippen LogP contribution in [0.25, 0.3) is 6.08 Å². The van der Waals surface area contributed by atoms with Gasteiger partial charge < -0.3 is 10.1 Å². The number of aromatic nitrogens is 1. The quantitative estimate of drug-likeness (QED) is 0.481. The van der Waals surface area contributed by atoms with E-state index in [-0.39, 0.29) is 12.2 Å². The molecule has 2 aromatic rings. The molecule has 1 amide bonds. The molecule has 0 spiro atoms. The molecule has 0 aliphatic carbocycles. The van der Waals surface area contributed by atoms with Crippen LogP contribution in [0.2, 0.25) is 0 Å². The van der Waals surface area contributed by atoms with Crippen molar-refractivity contribution in [3.05, 3.63) is 71.3 Å². The molecule has 1 aromatic carbocycles. The average Bonchev–Trinajstić information content (AvgIpc) is 2.60. The molecule has 1 N–H and O–H groups in total. The lowest BCUT2D eigenvalue weighted by molar-refractivity contribution is 0.111. The van der Waals surface area contributed by atoms with Gasteiger partial charge in [0.15, 0.2) is 6.29 Å². The van der Waals surface area contributed by atoms with Gasteiger partial charge >= 0.3 is 6.09 Å². The van der Waals surface area contributed by atoms with Crippen molar-refractivity contribution in [1.82, 2.24) is 10.3 Å². The number of pyridine rings is 1. The van der Waals surface area contributed by atoms with Crippen LogP contribution in [0.5, 0.6) is 0 Å². The highest BCUT2D eigenvalue weighted by Crippen LogP contribution is 2.11. The van der Waals surface area contributed by atoms with Crippen LogP contribution in [0.15, 0.2) is 48.7 Å². The first-order chi connectivity index (χ1) is 11.7. The van der Waals surface area contributed by atoms with Crippen molar-refractivity contribution in [2.24, 2.45) is 0 Å². The fourth-order valence-electron chi connectivity index (χ4n) is 1.97. The Labute approximate surface area is 139 Å². The lowest BCUT2D eigenvalue weighted by Gasteiger charge is -2.06. The van der Waals surface area contributed by atoms with Gasteiger partial charge in [-0.2, -0.15) is 4.39 Å². The summed E-state index contributed by atoms with van der Waals surface area (Å²) in [7, 11) is 0. The summed E-state index contributed by atoms with van der Waals surface area (Å²) < 4.78 is 18.4. The van der Waals surface area contributed by atoms with Crippen LogP contribution in [0, 0.1) is 5.95 Å². The summed E-state index contributed by atoms with van der Waals surface area (Å²) in [6.07, 6.45) is 5.09. The highest BCUT2D eigenvalue weighted by Gasteiger charge is 2.05. The Kier molecular flexibility index (Phi) is 6.64. The molecule has 5 nitrogen and oxygen atoms in total. The van der Waals surface area contributed by atoms with Crippen LogP contribution in [0.3, 0.4) is 0 Å². The number of ether oxygens (including phenoxy) is 1. The predicted molar refractivity (Wildman–Crippen MR) is 87.9 cm³/mol. The molecule has 1 aromatic heterocycles. The van der Waals surface area contributed by atoms with Gasteiger partial charge in [-0.25, -0.2) is 9.78 Å². The number of alkyl carbamates (subject to hydrolysis) is 1. The largest absolute Gasteiger partial charge is 0.445 e. The Hall–Kier alpha value is -3.02. The van der Waals surface area contributed by atoms with E-state index < -0.39 is 12.0 Å². The lowest BCUT2D eigenvalue weighted by atomic mass is 10.1. The van der Waals surface area contributed by atoms with Crippen molar-refractivity contribution in [2.45, 2.75) is 13.0 Å². The molecule has 0 unspecified atom stereocenters. The Morgan fingerprint density at radius 2 is 2.04 bits per heavy atom. The van der Waals surface area contributed by atoms with E-state index in [1.165, 1.54) is 6.20 Å². The molecule has 124 valence electrons. The minimum Gasteiger partial charge on any atom is -0.445 e. The van der Waals surface area contributed by atoms with E-state index in [1.54, 1.807) is 18.2 Å². The maximum atomic E-state index is 13.3. The maximum absolute atomic E-state index is 13.3. The number of nitrogens with one attached hydrogen (secondary N) is 1. The van der Waals surface area contributed by atoms with Gasteiger partial charge in [-0.05, 0) is 23.6 Å². The molecular weight excluding hydrogens is 311 g/mol. The van der Waals surface area contributed by atoms with Gasteiger partial charge in [0.2, 0.25) is 5.95 Å². The molecule has 0 saturated heterocycles. The van der Waals surface area contributed by atoms with Gasteiger partial charge in [-0.3, -0.25) is 4.79 Å². The van der Waals surface area contributed by atoms with Crippen LogP contribution in [-0.4, -0.2) is 23.9 Å². The zero-order valence-corrected chi connectivity index (χ0v) is 12.9. The number of hydrogen-bond acceptors (Lipinski definition) is 4. The fourth-order valence-corrected chi connectivity index (χ4v) is 1.97. The average molecular weight is 328 g/mol. The summed E-state index contributed by atoms with van der Waals surface area (Å²) in [5.41, 5.74) is 1.28. The second kappa shape index (κ2) is 9.19. The molecule has 24 heavy (non-hydrogen) atoms. The number of carbonyl (C=O) groups excluding carboxylic acids is 2. The number of aldehydes is 1. The van der Waals surface area contributed by atoms with E-state index in [1.807, 2.05) is 30.3 Å². The maximum Gasteiger partial charge on any atom is 0.407 e. The summed E-state index contributed by atoms with van der Waals surface area (Å²) in [4.78, 5) is 25.8. The normalized spacial score (nSPS) is 10.5. The Balaban J connectivity index is 1.72. The summed E-state index contributed by atoms with van der Waals surface area (Å²) >= 11 is 0. The zero-order valence-electron chi connectivity index (χ0n) is 12.9. The number of halogens is 1. The molecule has 6 heteroatoms. The van der Waals surface area contributed by atoms with Crippen molar-refractivity contribution in [2.75, 3.05) is 6.54 Å². The molecule has 2 rings (SSSR count). The van der Waals surface area contributed by atoms with Gasteiger partial charge in [0.05, 0.1) is 5.56 Å². The summed E-state index contributed by atoms with van der Waals surface area (Å²) in [5, 5.41) is 2.61. The third-order valence-corrected chi connectivity index (χ3v) is 3.18. The second-order valence-electron chi connectivity index (χ2n) is 4.90. The molecule has 0 bridgehead atoms. The summed E-state index contributed by atoms with van der Waals surface area (Å²) in [6.45, 7) is 0.579. The number of benzene rings is 1. The zero-order chi connectivity index (χ0) is 17.2. The molecule has 0 aliphatic heterocycles. The van der Waals surface area contributed by atoms with Crippen LogP contribution >= 0.6 is 0 Å². The Morgan fingerprint density at radius 3 is 2.79 bits per heavy atom. The third kappa shape index (κ3) is 5.31. The van der Waals surface area contributed by atoms with Gasteiger partial charge in [-0.15, -0.1) is 0 Å². The van der Waals surface area contributed by atoms with E-state index >= 15 is 0 Å². The van der Waals surface area contributed by atoms with Crippen LogP contribution in [-0.2, 0) is 11.3 Å². The first kappa shape index (κ1) is 17.3. The lowest BCUT2D eigenvalue weighted by Crippen LogP contribution is -2.24. The second-order valence-corrected chi connectivity index (χ2v) is 4.90. The van der Waals surface area contributed by atoms with E-state index in [0.29, 0.717) is 24.8 Å². The molecule has 0 radical (unpaired) electrons. The van der Waals surface area contributed by atoms with Gasteiger partial charge in [0.25, 0.3) is 0 Å². The molecule has 1 heterocycles. The number of amides is 1. The van der Waals surface area contributed by atoms with Crippen molar-refractivity contribution < 1.29 is 18.7 Å². The molecule has 0 aliphatic rings. The first-order valence-electron chi connectivity index (χ1n) is 7.41. The molecule has 0 saturated carbocycles. The van der Waals surface area contributed by atoms with Crippen LogP contribution in [0.4, 0.5) is 9.18 Å². The highest BCUT2D eigenvalue weighted by atomic mass is 19.1.